The standard InChI is InChI=1S/C16H19N3O2S2/c1-3-8-19-15(21)12-10-6-4-5-7-11(10)23-14(12)18-16(19)22-9(2)13(17)20/h3,9H,1,4-8H2,2H3,(H2,17,20). The predicted molar refractivity (Wildman–Crippen MR) is 95.2 cm³/mol. The highest BCUT2D eigenvalue weighted by Crippen LogP contribution is 2.35. The molecule has 0 aromatic carbocycles. The largest absolute Gasteiger partial charge is 0.369 e. The third kappa shape index (κ3) is 2.95. The summed E-state index contributed by atoms with van der Waals surface area (Å²) in [4.78, 5) is 31.1. The number of hydrogen-bond donors (Lipinski definition) is 1. The highest BCUT2D eigenvalue weighted by Gasteiger charge is 2.23. The molecule has 1 unspecified atom stereocenters. The van der Waals surface area contributed by atoms with Crippen LogP contribution in [0.15, 0.2) is 22.6 Å². The second-order valence-electron chi connectivity index (χ2n) is 5.65. The minimum Gasteiger partial charge on any atom is -0.369 e. The Hall–Kier alpha value is -1.60. The number of carbonyl (C=O) groups excluding carboxylic acids is 1. The number of aromatic nitrogens is 2. The van der Waals surface area contributed by atoms with E-state index in [1.807, 2.05) is 0 Å². The Labute approximate surface area is 142 Å². The third-order valence-electron chi connectivity index (χ3n) is 4.03. The van der Waals surface area contributed by atoms with E-state index in [0.29, 0.717) is 11.7 Å². The number of thiophene rings is 1. The number of nitrogens with zero attached hydrogens (tertiary/aromatic N) is 2. The molecular weight excluding hydrogens is 330 g/mol. The van der Waals surface area contributed by atoms with Crippen molar-refractivity contribution in [3.63, 3.8) is 0 Å². The molecule has 5 nitrogen and oxygen atoms in total. The fourth-order valence-electron chi connectivity index (χ4n) is 2.82. The summed E-state index contributed by atoms with van der Waals surface area (Å²) in [5.41, 5.74) is 6.48. The molecule has 0 saturated heterocycles. The molecule has 0 bridgehead atoms. The van der Waals surface area contributed by atoms with Crippen LogP contribution in [-0.4, -0.2) is 20.7 Å². The average Bonchev–Trinajstić information content (AvgIpc) is 2.89. The van der Waals surface area contributed by atoms with Gasteiger partial charge in [-0.2, -0.15) is 0 Å². The fraction of sp³-hybridized carbons (Fsp3) is 0.438. The maximum Gasteiger partial charge on any atom is 0.263 e. The molecule has 2 aromatic rings. The van der Waals surface area contributed by atoms with Crippen LogP contribution in [0.3, 0.4) is 0 Å². The Bertz CT molecular complexity index is 838. The van der Waals surface area contributed by atoms with Crippen LogP contribution in [0.25, 0.3) is 10.2 Å². The van der Waals surface area contributed by atoms with Crippen LogP contribution in [0, 0.1) is 0 Å². The first-order chi connectivity index (χ1) is 11.0. The maximum absolute atomic E-state index is 13.0. The highest BCUT2D eigenvalue weighted by molar-refractivity contribution is 8.00. The van der Waals surface area contributed by atoms with Gasteiger partial charge >= 0.3 is 0 Å². The predicted octanol–water partition coefficient (Wildman–Crippen LogP) is 2.49. The number of amides is 1. The van der Waals surface area contributed by atoms with Gasteiger partial charge in [0.2, 0.25) is 5.91 Å². The summed E-state index contributed by atoms with van der Waals surface area (Å²) in [6, 6.07) is 0. The molecule has 0 radical (unpaired) electrons. The molecule has 0 fully saturated rings. The lowest BCUT2D eigenvalue weighted by atomic mass is 9.97. The molecule has 122 valence electrons. The number of hydrogen-bond acceptors (Lipinski definition) is 5. The smallest absolute Gasteiger partial charge is 0.263 e. The second kappa shape index (κ2) is 6.49. The number of carbonyl (C=O) groups is 1. The Morgan fingerprint density at radius 2 is 2.26 bits per heavy atom. The highest BCUT2D eigenvalue weighted by atomic mass is 32.2. The van der Waals surface area contributed by atoms with E-state index in [0.717, 1.165) is 29.5 Å². The summed E-state index contributed by atoms with van der Waals surface area (Å²) in [6.07, 6.45) is 5.94. The van der Waals surface area contributed by atoms with Crippen LogP contribution in [0.5, 0.6) is 0 Å². The Morgan fingerprint density at radius 3 is 2.96 bits per heavy atom. The number of thioether (sulfide) groups is 1. The average molecular weight is 349 g/mol. The molecule has 2 aromatic heterocycles. The van der Waals surface area contributed by atoms with Crippen molar-refractivity contribution in [1.29, 1.82) is 0 Å². The molecule has 23 heavy (non-hydrogen) atoms. The van der Waals surface area contributed by atoms with Gasteiger partial charge in [0, 0.05) is 11.4 Å². The van der Waals surface area contributed by atoms with E-state index in [9.17, 15) is 9.59 Å². The van der Waals surface area contributed by atoms with Gasteiger partial charge in [0.15, 0.2) is 5.16 Å². The Morgan fingerprint density at radius 1 is 1.52 bits per heavy atom. The van der Waals surface area contributed by atoms with Crippen molar-refractivity contribution in [2.24, 2.45) is 5.73 Å². The maximum atomic E-state index is 13.0. The number of allylic oxidation sites excluding steroid dienone is 1. The number of fused-ring (bicyclic) bond motifs is 3. The normalized spacial score (nSPS) is 15.3. The van der Waals surface area contributed by atoms with Crippen molar-refractivity contribution < 1.29 is 4.79 Å². The van der Waals surface area contributed by atoms with Crippen LogP contribution in [0.2, 0.25) is 0 Å². The van der Waals surface area contributed by atoms with Crippen molar-refractivity contribution in [2.75, 3.05) is 0 Å². The van der Waals surface area contributed by atoms with E-state index in [2.05, 4.69) is 11.6 Å². The molecule has 2 heterocycles. The number of nitrogens with two attached hydrogens (primary N) is 1. The first kappa shape index (κ1) is 16.3. The van der Waals surface area contributed by atoms with E-state index >= 15 is 0 Å². The first-order valence-corrected chi connectivity index (χ1v) is 9.34. The lowest BCUT2D eigenvalue weighted by Gasteiger charge is -2.13. The molecule has 7 heteroatoms. The van der Waals surface area contributed by atoms with Gasteiger partial charge in [-0.05, 0) is 38.2 Å². The SMILES string of the molecule is C=CCn1c(SC(C)C(N)=O)nc2sc3c(c2c1=O)CCCC3. The monoisotopic (exact) mass is 349 g/mol. The molecule has 0 aliphatic heterocycles. The van der Waals surface area contributed by atoms with E-state index < -0.39 is 11.2 Å². The molecule has 1 aliphatic carbocycles. The summed E-state index contributed by atoms with van der Waals surface area (Å²) < 4.78 is 1.60. The minimum atomic E-state index is -0.440. The van der Waals surface area contributed by atoms with Crippen molar-refractivity contribution >= 4 is 39.2 Å². The summed E-state index contributed by atoms with van der Waals surface area (Å²) in [5.74, 6) is -0.417. The summed E-state index contributed by atoms with van der Waals surface area (Å²) >= 11 is 2.84. The van der Waals surface area contributed by atoms with Crippen LogP contribution >= 0.6 is 23.1 Å². The van der Waals surface area contributed by atoms with Gasteiger partial charge in [0.1, 0.15) is 4.83 Å². The molecule has 1 aliphatic rings. The van der Waals surface area contributed by atoms with Crippen LogP contribution in [0.4, 0.5) is 0 Å². The van der Waals surface area contributed by atoms with Gasteiger partial charge in [0.25, 0.3) is 5.56 Å². The topological polar surface area (TPSA) is 78.0 Å². The molecular formula is C16H19N3O2S2. The van der Waals surface area contributed by atoms with E-state index in [-0.39, 0.29) is 5.56 Å². The van der Waals surface area contributed by atoms with Gasteiger partial charge < -0.3 is 5.73 Å². The fourth-order valence-corrected chi connectivity index (χ4v) is 4.99. The van der Waals surface area contributed by atoms with Crippen LogP contribution in [-0.2, 0) is 24.2 Å². The Balaban J connectivity index is 2.19. The van der Waals surface area contributed by atoms with Gasteiger partial charge in [-0.3, -0.25) is 14.2 Å². The zero-order valence-corrected chi connectivity index (χ0v) is 14.6. The van der Waals surface area contributed by atoms with E-state index in [1.165, 1.54) is 28.6 Å². The van der Waals surface area contributed by atoms with Gasteiger partial charge in [-0.1, -0.05) is 17.8 Å². The summed E-state index contributed by atoms with van der Waals surface area (Å²) in [7, 11) is 0. The lowest BCUT2D eigenvalue weighted by molar-refractivity contribution is -0.117. The molecule has 0 spiro atoms. The molecule has 1 amide bonds. The number of aryl methyl sites for hydroxylation is 2. The lowest BCUT2D eigenvalue weighted by Crippen LogP contribution is -2.27. The quantitative estimate of drug-likeness (QED) is 0.511. The van der Waals surface area contributed by atoms with Crippen molar-refractivity contribution in [1.82, 2.24) is 9.55 Å². The van der Waals surface area contributed by atoms with E-state index in [4.69, 9.17) is 5.73 Å². The van der Waals surface area contributed by atoms with Crippen molar-refractivity contribution in [3.8, 4) is 0 Å². The zero-order chi connectivity index (χ0) is 16.6. The van der Waals surface area contributed by atoms with Crippen molar-refractivity contribution in [3.05, 3.63) is 33.4 Å². The number of rotatable bonds is 5. The second-order valence-corrected chi connectivity index (χ2v) is 8.04. The number of primary amides is 1. The van der Waals surface area contributed by atoms with Crippen LogP contribution in [0.1, 0.15) is 30.2 Å². The molecule has 1 atom stereocenters. The summed E-state index contributed by atoms with van der Waals surface area (Å²) in [6.45, 7) is 5.82. The van der Waals surface area contributed by atoms with Crippen molar-refractivity contribution in [2.45, 2.75) is 49.6 Å². The van der Waals surface area contributed by atoms with E-state index in [1.54, 1.807) is 28.9 Å². The molecule has 2 N–H and O–H groups in total. The Kier molecular flexibility index (Phi) is 4.59. The van der Waals surface area contributed by atoms with Gasteiger partial charge in [-0.25, -0.2) is 4.98 Å². The first-order valence-electron chi connectivity index (χ1n) is 7.65. The van der Waals surface area contributed by atoms with Crippen LogP contribution < -0.4 is 11.3 Å². The third-order valence-corrected chi connectivity index (χ3v) is 6.33. The zero-order valence-electron chi connectivity index (χ0n) is 13.0. The van der Waals surface area contributed by atoms with Gasteiger partial charge in [-0.15, -0.1) is 17.9 Å². The van der Waals surface area contributed by atoms with Gasteiger partial charge in [0.05, 0.1) is 10.6 Å². The molecule has 0 saturated carbocycles. The summed E-state index contributed by atoms with van der Waals surface area (Å²) in [5, 5.41) is 0.847. The minimum absolute atomic E-state index is 0.0338. The molecule has 3 rings (SSSR count).